The number of aliphatic hydroxyl groups is 1. The number of aromatic nitrogens is 8. The average Bonchev–Trinajstić information content (AvgIpc) is 3.74. The number of phosphoric ester groups is 2. The summed E-state index contributed by atoms with van der Waals surface area (Å²) in [7, 11) is -10.7. The van der Waals surface area contributed by atoms with Crippen molar-refractivity contribution in [2.75, 3.05) is 31.2 Å². The fourth-order valence-electron chi connectivity index (χ4n) is 9.80. The number of nitrogens with two attached hydrogens (primary N) is 2. The Morgan fingerprint density at radius 3 is 1.92 bits per heavy atom. The van der Waals surface area contributed by atoms with E-state index >= 15 is 0 Å². The third kappa shape index (κ3) is 13.8. The van der Waals surface area contributed by atoms with Crippen molar-refractivity contribution in [1.29, 1.82) is 0 Å². The zero-order valence-electron chi connectivity index (χ0n) is 44.5. The molecule has 83 heavy (non-hydrogen) atoms. The molecule has 35 heteroatoms. The van der Waals surface area contributed by atoms with Crippen LogP contribution in [-0.4, -0.2) is 157 Å². The molecule has 4 amide bonds. The molecule has 3 saturated heterocycles. The summed E-state index contributed by atoms with van der Waals surface area (Å²) in [5.74, 6) is -3.24. The molecule has 12 atom stereocenters. The van der Waals surface area contributed by atoms with Gasteiger partial charge in [0.05, 0.1) is 31.9 Å². The van der Waals surface area contributed by atoms with Crippen molar-refractivity contribution in [3.05, 3.63) is 80.9 Å². The van der Waals surface area contributed by atoms with Gasteiger partial charge in [0, 0.05) is 43.9 Å². The number of nitrogens with zero attached hydrogens (tertiary/aromatic N) is 7. The van der Waals surface area contributed by atoms with Gasteiger partial charge in [-0.25, -0.2) is 23.9 Å². The van der Waals surface area contributed by atoms with Crippen LogP contribution < -0.4 is 33.2 Å². The Hall–Kier alpha value is -7.42. The van der Waals surface area contributed by atoms with E-state index in [9.17, 15) is 62.4 Å². The average molecular weight is 1200 g/mol. The Morgan fingerprint density at radius 1 is 0.783 bits per heavy atom. The molecule has 3 fully saturated rings. The Labute approximate surface area is 468 Å². The van der Waals surface area contributed by atoms with Crippen LogP contribution >= 0.6 is 15.6 Å². The van der Waals surface area contributed by atoms with Gasteiger partial charge in [0.2, 0.25) is 17.8 Å². The smallest absolute Gasteiger partial charge is 0.445 e. The van der Waals surface area contributed by atoms with Crippen molar-refractivity contribution in [1.82, 2.24) is 54.6 Å². The second-order valence-corrected chi connectivity index (χ2v) is 23.2. The first-order valence-electron chi connectivity index (χ1n) is 26.0. The molecule has 5 aromatic rings. The lowest BCUT2D eigenvalue weighted by Crippen LogP contribution is -2.48. The molecule has 0 bridgehead atoms. The number of imidazole rings is 2. The van der Waals surface area contributed by atoms with Crippen molar-refractivity contribution >= 4 is 85.3 Å². The summed E-state index contributed by atoms with van der Waals surface area (Å²) in [5, 5.41) is 16.7. The standard InChI is InChI=1S/C48H59N13O20P2/c1-22(2)27(16-26(62)7-5-4-6-14-59-31(64)12-13-32(59)65)41(67)53-23(3)28(63)15-24-8-10-25(11-9-24)17-75-48(70)54-33-37-29(78-44(33)60-20-51-34-39(60)55-46(49)57-42(34)68)18-76-83(73,74)81-38-30(19-77-82(71,72)80-37)79-45(36(38)66)61-21-52-35-40(61)56-47(50)58-43(35)69/h8-13,20-23,27,29-30,33,36-38,44-45,66H,4-7,14-19H2,1-3H3,(H,53,67)(H,54,70)(H,71,72)(H,73,74)(H3,49,55,57,68)(H3,50,56,58,69)/t23-,27-,29+,30+,33?,36?,37-,38-,44+,45+/m0/s1. The van der Waals surface area contributed by atoms with Crippen LogP contribution in [0.3, 0.4) is 0 Å². The lowest BCUT2D eigenvalue weighted by Gasteiger charge is -2.29. The van der Waals surface area contributed by atoms with E-state index in [2.05, 4.69) is 40.5 Å². The predicted octanol–water partition coefficient (Wildman–Crippen LogP) is 0.219. The highest BCUT2D eigenvalue weighted by molar-refractivity contribution is 7.47. The highest BCUT2D eigenvalue weighted by Gasteiger charge is 2.55. The molecule has 0 saturated carbocycles. The minimum Gasteiger partial charge on any atom is -0.445 e. The summed E-state index contributed by atoms with van der Waals surface area (Å²) < 4.78 is 69.1. The number of Topliss-reactive ketones (excluding diaryl/α,β-unsaturated/α-hetero) is 2. The molecule has 33 nitrogen and oxygen atoms in total. The Morgan fingerprint density at radius 2 is 1.33 bits per heavy atom. The van der Waals surface area contributed by atoms with Gasteiger partial charge in [-0.2, -0.15) is 9.97 Å². The van der Waals surface area contributed by atoms with Crippen LogP contribution in [0.5, 0.6) is 0 Å². The third-order valence-electron chi connectivity index (χ3n) is 14.1. The van der Waals surface area contributed by atoms with Crippen molar-refractivity contribution < 1.29 is 85.1 Å². The number of unbranched alkanes of at least 4 members (excludes halogenated alkanes) is 2. The zero-order chi connectivity index (χ0) is 59.7. The van der Waals surface area contributed by atoms with E-state index in [-0.39, 0.29) is 89.3 Å². The molecule has 4 unspecified atom stereocenters. The Balaban J connectivity index is 0.835. The molecule has 1 aromatic carbocycles. The number of amides is 4. The molecule has 0 aliphatic carbocycles. The molecule has 11 N–H and O–H groups in total. The molecule has 9 rings (SSSR count). The van der Waals surface area contributed by atoms with Crippen LogP contribution in [0.2, 0.25) is 0 Å². The minimum absolute atomic E-state index is 0.0278. The summed E-state index contributed by atoms with van der Waals surface area (Å²) in [6, 6.07) is 3.77. The number of hydrogen-bond donors (Lipinski definition) is 9. The van der Waals surface area contributed by atoms with Gasteiger partial charge in [0.1, 0.15) is 49.0 Å². The third-order valence-corrected chi connectivity index (χ3v) is 16.1. The maximum atomic E-state index is 13.9. The summed E-state index contributed by atoms with van der Waals surface area (Å²) in [4.78, 5) is 146. The van der Waals surface area contributed by atoms with Gasteiger partial charge in [-0.1, -0.05) is 44.5 Å². The van der Waals surface area contributed by atoms with Crippen LogP contribution in [0.1, 0.15) is 76.5 Å². The molecule has 0 spiro atoms. The number of nitrogen functional groups attached to an aromatic ring is 2. The van der Waals surface area contributed by atoms with Crippen molar-refractivity contribution in [3.63, 3.8) is 0 Å². The monoisotopic (exact) mass is 1200 g/mol. The van der Waals surface area contributed by atoms with Gasteiger partial charge in [-0.3, -0.25) is 75.7 Å². The van der Waals surface area contributed by atoms with Gasteiger partial charge in [-0.05, 0) is 36.8 Å². The summed E-state index contributed by atoms with van der Waals surface area (Å²) in [5.41, 5.74) is 10.2. The van der Waals surface area contributed by atoms with Crippen LogP contribution in [0.4, 0.5) is 16.7 Å². The minimum atomic E-state index is -5.36. The highest BCUT2D eigenvalue weighted by atomic mass is 31.2. The van der Waals surface area contributed by atoms with Crippen molar-refractivity contribution in [3.8, 4) is 0 Å². The van der Waals surface area contributed by atoms with Crippen LogP contribution in [0.25, 0.3) is 22.3 Å². The first-order valence-corrected chi connectivity index (χ1v) is 29.0. The number of benzene rings is 1. The number of ketones is 2. The Bertz CT molecular complexity index is 3550. The second kappa shape index (κ2) is 24.8. The maximum Gasteiger partial charge on any atom is 0.472 e. The van der Waals surface area contributed by atoms with Crippen LogP contribution in [0.15, 0.2) is 58.7 Å². The van der Waals surface area contributed by atoms with E-state index in [1.165, 1.54) is 19.1 Å². The van der Waals surface area contributed by atoms with E-state index in [4.69, 9.17) is 43.8 Å². The number of imide groups is 1. The number of ether oxygens (including phenoxy) is 3. The summed E-state index contributed by atoms with van der Waals surface area (Å²) in [6.45, 7) is 3.04. The van der Waals surface area contributed by atoms with Gasteiger partial charge in [-0.15, -0.1) is 0 Å². The molecule has 4 aromatic heterocycles. The van der Waals surface area contributed by atoms with Crippen LogP contribution in [-0.2, 0) is 78.4 Å². The van der Waals surface area contributed by atoms with E-state index in [1.54, 1.807) is 38.1 Å². The first kappa shape index (κ1) is 60.2. The number of hydrogen-bond acceptors (Lipinski definition) is 24. The molecular weight excluding hydrogens is 1140 g/mol. The highest BCUT2D eigenvalue weighted by Crippen LogP contribution is 2.54. The van der Waals surface area contributed by atoms with Gasteiger partial charge < -0.3 is 51.2 Å². The number of aliphatic hydroxyl groups excluding tert-OH is 1. The summed E-state index contributed by atoms with van der Waals surface area (Å²) in [6.07, 6.45) is -6.93. The molecule has 0 radical (unpaired) electrons. The number of rotatable bonds is 19. The van der Waals surface area contributed by atoms with Gasteiger partial charge in [0.25, 0.3) is 22.9 Å². The van der Waals surface area contributed by atoms with E-state index in [0.717, 1.165) is 26.7 Å². The number of aromatic amines is 2. The molecule has 4 aliphatic heterocycles. The fraction of sp³-hybridized carbons (Fsp3) is 0.500. The first-order chi connectivity index (χ1) is 39.3. The van der Waals surface area contributed by atoms with E-state index in [0.29, 0.717) is 30.4 Å². The van der Waals surface area contributed by atoms with Gasteiger partial charge in [0.15, 0.2) is 40.6 Å². The number of carbonyl (C=O) groups excluding carboxylic acids is 6. The molecule has 8 heterocycles. The number of alkyl carbamates (subject to hydrolysis) is 1. The summed E-state index contributed by atoms with van der Waals surface area (Å²) >= 11 is 0. The molecule has 446 valence electrons. The van der Waals surface area contributed by atoms with E-state index < -0.39 is 120 Å². The number of anilines is 2. The quantitative estimate of drug-likeness (QED) is 0.0303. The largest absolute Gasteiger partial charge is 0.472 e. The van der Waals surface area contributed by atoms with Crippen LogP contribution in [0, 0.1) is 11.8 Å². The fourth-order valence-corrected chi connectivity index (χ4v) is 11.7. The SMILES string of the molecule is CC(C)[C@H](CC(=O)CCCCCN1C(=O)C=CC1=O)C(=O)N[C@@H](C)C(=O)Cc1ccc(COC(=O)NC2[C@H]3OP(=O)(O)OC[C@H]4O[C@@H](n5cnc6c(=O)[nH]c(N)nc65)C(O)[C@H]4OP(=O)(O)OC[C@H]3O[C@H]2n2cnc3c(=O)[nH]c(N)nc32)cc1. The van der Waals surface area contributed by atoms with Gasteiger partial charge >= 0.3 is 21.7 Å². The Kier molecular flexibility index (Phi) is 18.0. The number of fused-ring (bicyclic) bond motifs is 4. The topological polar surface area (TPSA) is 468 Å². The predicted molar refractivity (Wildman–Crippen MR) is 282 cm³/mol. The van der Waals surface area contributed by atoms with E-state index in [1.807, 2.05) is 0 Å². The lowest BCUT2D eigenvalue weighted by atomic mass is 9.88. The zero-order valence-corrected chi connectivity index (χ0v) is 46.3. The normalized spacial score (nSPS) is 27.2. The molecule has 4 aliphatic rings. The number of phosphoric acid groups is 2. The molecular formula is C48H59N13O20P2. The second-order valence-electron chi connectivity index (χ2n) is 20.3. The van der Waals surface area contributed by atoms with Crippen molar-refractivity contribution in [2.45, 2.75) is 121 Å². The number of H-pyrrole nitrogens is 2. The maximum absolute atomic E-state index is 13.9. The number of nitrogens with one attached hydrogen (secondary N) is 4. The van der Waals surface area contributed by atoms with Crippen molar-refractivity contribution in [2.24, 2.45) is 11.8 Å². The lowest BCUT2D eigenvalue weighted by molar-refractivity contribution is -0.137. The number of carbonyl (C=O) groups is 6.